The Morgan fingerprint density at radius 1 is 1.28 bits per heavy atom. The van der Waals surface area contributed by atoms with Crippen molar-refractivity contribution >= 4 is 21.7 Å². The summed E-state index contributed by atoms with van der Waals surface area (Å²) in [5.41, 5.74) is 19.4. The van der Waals surface area contributed by atoms with Crippen LogP contribution >= 0.6 is 0 Å². The van der Waals surface area contributed by atoms with Crippen LogP contribution in [0.4, 0.5) is 5.82 Å². The van der Waals surface area contributed by atoms with Gasteiger partial charge in [-0.15, -0.1) is 0 Å². The van der Waals surface area contributed by atoms with E-state index < -0.39 is 10.0 Å². The second kappa shape index (κ2) is 9.45. The van der Waals surface area contributed by atoms with Gasteiger partial charge in [-0.05, 0) is 18.6 Å². The van der Waals surface area contributed by atoms with Crippen LogP contribution in [-0.4, -0.2) is 60.9 Å². The Labute approximate surface area is 172 Å². The molecule has 0 spiro atoms. The maximum atomic E-state index is 11.8. The van der Waals surface area contributed by atoms with Crippen LogP contribution in [0.3, 0.4) is 0 Å². The molecule has 2 rings (SSSR count). The number of hydrogen-bond acceptors (Lipinski definition) is 7. The number of nitrogen functional groups attached to an aromatic ring is 1. The second-order valence-corrected chi connectivity index (χ2v) is 8.53. The summed E-state index contributed by atoms with van der Waals surface area (Å²) in [5, 5.41) is 0. The average molecular weight is 418 g/mol. The van der Waals surface area contributed by atoms with Crippen LogP contribution in [0.15, 0.2) is 47.0 Å². The molecule has 1 aromatic heterocycles. The summed E-state index contributed by atoms with van der Waals surface area (Å²) in [5.74, 6) is 7.10. The first-order valence-electron chi connectivity index (χ1n) is 9.07. The van der Waals surface area contributed by atoms with Gasteiger partial charge in [-0.25, -0.2) is 18.4 Å². The first kappa shape index (κ1) is 22.3. The summed E-state index contributed by atoms with van der Waals surface area (Å²) < 4.78 is 25.0. The highest BCUT2D eigenvalue weighted by Crippen LogP contribution is 2.15. The summed E-state index contributed by atoms with van der Waals surface area (Å²) in [7, 11) is -3.25. The molecule has 1 aliphatic rings. The monoisotopic (exact) mass is 417 g/mol. The molecule has 0 amide bonds. The lowest BCUT2D eigenvalue weighted by Crippen LogP contribution is -2.50. The minimum atomic E-state index is -3.25. The summed E-state index contributed by atoms with van der Waals surface area (Å²) in [6.07, 6.45) is 3.33. The van der Waals surface area contributed by atoms with E-state index in [1.54, 1.807) is 18.3 Å². The van der Waals surface area contributed by atoms with E-state index in [1.165, 1.54) is 10.6 Å². The van der Waals surface area contributed by atoms with Gasteiger partial charge in [0.15, 0.2) is 0 Å². The molecular weight excluding hydrogens is 390 g/mol. The fourth-order valence-electron chi connectivity index (χ4n) is 2.72. The molecule has 0 unspecified atom stereocenters. The number of rotatable bonds is 4. The fourth-order valence-corrected chi connectivity index (χ4v) is 3.55. The predicted octanol–water partition coefficient (Wildman–Crippen LogP) is 0.0437. The number of nitrogens with two attached hydrogens (primary N) is 3. The van der Waals surface area contributed by atoms with E-state index in [-0.39, 0.29) is 5.82 Å². The maximum absolute atomic E-state index is 11.8. The van der Waals surface area contributed by atoms with E-state index >= 15 is 0 Å². The van der Waals surface area contributed by atoms with Gasteiger partial charge in [0.2, 0.25) is 10.0 Å². The van der Waals surface area contributed by atoms with Gasteiger partial charge in [0.05, 0.1) is 11.8 Å². The lowest BCUT2D eigenvalue weighted by atomic mass is 10.1. The van der Waals surface area contributed by atoms with Crippen LogP contribution in [0.1, 0.15) is 18.9 Å². The Morgan fingerprint density at radius 3 is 2.41 bits per heavy atom. The lowest BCUT2D eigenvalue weighted by Gasteiger charge is -2.35. The number of anilines is 1. The van der Waals surface area contributed by atoms with Crippen LogP contribution in [0.5, 0.6) is 0 Å². The zero-order chi connectivity index (χ0) is 21.6. The molecule has 0 aliphatic carbocycles. The van der Waals surface area contributed by atoms with Crippen molar-refractivity contribution in [2.24, 2.45) is 16.5 Å². The van der Waals surface area contributed by atoms with Crippen LogP contribution in [0, 0.1) is 11.8 Å². The van der Waals surface area contributed by atoms with E-state index in [4.69, 9.17) is 17.2 Å². The highest BCUT2D eigenvalue weighted by atomic mass is 32.2. The molecular formula is C19H27N7O2S. The molecule has 1 aromatic rings. The molecule has 0 bridgehead atoms. The van der Waals surface area contributed by atoms with Crippen molar-refractivity contribution in [3.05, 3.63) is 47.6 Å². The number of aromatic nitrogens is 1. The molecule has 6 N–H and O–H groups in total. The number of pyridine rings is 1. The predicted molar refractivity (Wildman–Crippen MR) is 116 cm³/mol. The SMILES string of the molecule is C=C(N)/N=C(\C(C#Cc1ccc(N)nc1)=C(/N)CC)N1CCN(S(C)(=O)=O)CC1. The highest BCUT2D eigenvalue weighted by molar-refractivity contribution is 7.88. The molecule has 0 saturated carbocycles. The third-order valence-electron chi connectivity index (χ3n) is 4.30. The van der Waals surface area contributed by atoms with Gasteiger partial charge in [-0.3, -0.25) is 0 Å². The van der Waals surface area contributed by atoms with E-state index in [9.17, 15) is 8.42 Å². The van der Waals surface area contributed by atoms with Crippen LogP contribution in [0.2, 0.25) is 0 Å². The largest absolute Gasteiger partial charge is 0.401 e. The number of hydrogen-bond donors (Lipinski definition) is 3. The molecule has 1 aliphatic heterocycles. The fraction of sp³-hybridized carbons (Fsp3) is 0.368. The van der Waals surface area contributed by atoms with Crippen molar-refractivity contribution in [1.29, 1.82) is 0 Å². The minimum absolute atomic E-state index is 0.114. The zero-order valence-corrected chi connectivity index (χ0v) is 17.5. The van der Waals surface area contributed by atoms with Gasteiger partial charge in [-0.1, -0.05) is 25.3 Å². The first-order valence-corrected chi connectivity index (χ1v) is 10.9. The number of nitrogens with zero attached hydrogens (tertiary/aromatic N) is 4. The Bertz CT molecular complexity index is 978. The van der Waals surface area contributed by atoms with Crippen molar-refractivity contribution in [3.8, 4) is 11.8 Å². The topological polar surface area (TPSA) is 144 Å². The summed E-state index contributed by atoms with van der Waals surface area (Å²) in [4.78, 5) is 10.3. The van der Waals surface area contributed by atoms with Gasteiger partial charge >= 0.3 is 0 Å². The molecule has 156 valence electrons. The Balaban J connectivity index is 2.40. The van der Waals surface area contributed by atoms with E-state index in [2.05, 4.69) is 28.4 Å². The highest BCUT2D eigenvalue weighted by Gasteiger charge is 2.27. The van der Waals surface area contributed by atoms with Crippen LogP contribution in [0.25, 0.3) is 0 Å². The average Bonchev–Trinajstić information content (AvgIpc) is 2.67. The number of sulfonamides is 1. The molecule has 1 fully saturated rings. The van der Waals surface area contributed by atoms with Crippen LogP contribution in [-0.2, 0) is 10.0 Å². The number of allylic oxidation sites excluding steroid dienone is 1. The molecule has 10 heteroatoms. The smallest absolute Gasteiger partial charge is 0.211 e. The van der Waals surface area contributed by atoms with E-state index in [1.807, 2.05) is 11.8 Å². The molecule has 0 radical (unpaired) electrons. The van der Waals surface area contributed by atoms with Crippen LogP contribution < -0.4 is 17.2 Å². The van der Waals surface area contributed by atoms with Gasteiger partial charge < -0.3 is 22.1 Å². The standard InChI is InChI=1S/C19H27N7O2S/c1-4-17(21)16(7-5-15-6-8-18(22)23-13-15)19(24-14(2)20)25-9-11-26(12-10-25)29(3,27)28/h6,8,13H,2,4,9-12,20-21H2,1,3H3,(H2,22,23)/b17-16-,24-19+. The minimum Gasteiger partial charge on any atom is -0.401 e. The number of aliphatic imine (C=N–C) groups is 1. The Hall–Kier alpha value is -3.03. The summed E-state index contributed by atoms with van der Waals surface area (Å²) >= 11 is 0. The Kier molecular flexibility index (Phi) is 7.25. The maximum Gasteiger partial charge on any atom is 0.211 e. The van der Waals surface area contributed by atoms with Gasteiger partial charge in [0, 0.05) is 43.6 Å². The molecule has 0 atom stereocenters. The lowest BCUT2D eigenvalue weighted by molar-refractivity contribution is 0.267. The van der Waals surface area contributed by atoms with Crippen molar-refractivity contribution in [1.82, 2.24) is 14.2 Å². The van der Waals surface area contributed by atoms with Gasteiger partial charge in [-0.2, -0.15) is 4.31 Å². The third kappa shape index (κ3) is 6.23. The third-order valence-corrected chi connectivity index (χ3v) is 5.60. The molecule has 0 aromatic carbocycles. The first-order chi connectivity index (χ1) is 13.6. The second-order valence-electron chi connectivity index (χ2n) is 6.55. The summed E-state index contributed by atoms with van der Waals surface area (Å²) in [6, 6.07) is 3.43. The quantitative estimate of drug-likeness (QED) is 0.356. The number of piperazine rings is 1. The normalized spacial score (nSPS) is 16.6. The van der Waals surface area contributed by atoms with E-state index in [0.717, 1.165) is 0 Å². The zero-order valence-electron chi connectivity index (χ0n) is 16.7. The van der Waals surface area contributed by atoms with Crippen molar-refractivity contribution < 1.29 is 8.42 Å². The van der Waals surface area contributed by atoms with Crippen molar-refractivity contribution in [2.45, 2.75) is 13.3 Å². The van der Waals surface area contributed by atoms with Crippen molar-refractivity contribution in [3.63, 3.8) is 0 Å². The Morgan fingerprint density at radius 2 is 1.93 bits per heavy atom. The molecule has 9 nitrogen and oxygen atoms in total. The summed E-state index contributed by atoms with van der Waals surface area (Å²) in [6.45, 7) is 7.12. The molecule has 1 saturated heterocycles. The van der Waals surface area contributed by atoms with Gasteiger partial charge in [0.1, 0.15) is 17.5 Å². The molecule has 29 heavy (non-hydrogen) atoms. The van der Waals surface area contributed by atoms with Gasteiger partial charge in [0.25, 0.3) is 0 Å². The molecule has 2 heterocycles. The number of amidine groups is 1. The van der Waals surface area contributed by atoms with Crippen molar-refractivity contribution in [2.75, 3.05) is 38.2 Å². The van der Waals surface area contributed by atoms with E-state index in [0.29, 0.717) is 61.1 Å².